The highest BCUT2D eigenvalue weighted by molar-refractivity contribution is 7.16. The van der Waals surface area contributed by atoms with E-state index in [1.165, 1.54) is 35.7 Å². The van der Waals surface area contributed by atoms with Gasteiger partial charge in [-0.1, -0.05) is 6.07 Å². The molecule has 0 radical (unpaired) electrons. The number of ether oxygens (including phenoxy) is 1. The molecule has 0 bridgehead atoms. The molecular formula is C22H15F2N3O4S. The molecule has 4 rings (SSSR count). The summed E-state index contributed by atoms with van der Waals surface area (Å²) >= 11 is 1.01. The van der Waals surface area contributed by atoms with Gasteiger partial charge in [-0.25, -0.2) is 13.6 Å². The van der Waals surface area contributed by atoms with E-state index >= 15 is 0 Å². The maximum Gasteiger partial charge on any atom is 0.359 e. The van der Waals surface area contributed by atoms with Crippen LogP contribution in [0.3, 0.4) is 0 Å². The molecule has 2 aromatic heterocycles. The summed E-state index contributed by atoms with van der Waals surface area (Å²) in [6.45, 7) is 1.72. The molecule has 162 valence electrons. The van der Waals surface area contributed by atoms with Crippen molar-refractivity contribution in [3.8, 4) is 5.69 Å². The fraction of sp³-hybridized carbons (Fsp3) is 0.0909. The van der Waals surface area contributed by atoms with Crippen molar-refractivity contribution in [1.29, 1.82) is 0 Å². The lowest BCUT2D eigenvalue weighted by Gasteiger charge is -2.10. The summed E-state index contributed by atoms with van der Waals surface area (Å²) < 4.78 is 32.8. The van der Waals surface area contributed by atoms with Gasteiger partial charge in [0.15, 0.2) is 5.69 Å². The molecular weight excluding hydrogens is 440 g/mol. The molecule has 4 aromatic rings. The van der Waals surface area contributed by atoms with Crippen LogP contribution in [0.1, 0.15) is 27.8 Å². The van der Waals surface area contributed by atoms with Crippen molar-refractivity contribution in [3.05, 3.63) is 87.2 Å². The molecule has 0 spiro atoms. The lowest BCUT2D eigenvalue weighted by molar-refractivity contribution is 0.0520. The molecule has 2 heterocycles. The third-order valence-corrected chi connectivity index (χ3v) is 5.40. The Bertz CT molecular complexity index is 1400. The number of carbonyl (C=O) groups excluding carboxylic acids is 2. The molecule has 7 nitrogen and oxygen atoms in total. The molecule has 1 N–H and O–H groups in total. The van der Waals surface area contributed by atoms with E-state index in [0.717, 1.165) is 34.2 Å². The van der Waals surface area contributed by atoms with Crippen LogP contribution in [0.2, 0.25) is 0 Å². The van der Waals surface area contributed by atoms with Crippen molar-refractivity contribution in [1.82, 2.24) is 9.78 Å². The number of halogens is 2. The number of hydrogen-bond acceptors (Lipinski definition) is 6. The van der Waals surface area contributed by atoms with Crippen molar-refractivity contribution in [2.45, 2.75) is 6.92 Å². The number of fused-ring (bicyclic) bond motifs is 1. The van der Waals surface area contributed by atoms with Crippen molar-refractivity contribution in [2.75, 3.05) is 11.9 Å². The van der Waals surface area contributed by atoms with E-state index in [0.29, 0.717) is 0 Å². The molecule has 0 unspecified atom stereocenters. The molecule has 0 fully saturated rings. The topological polar surface area (TPSA) is 90.3 Å². The Morgan fingerprint density at radius 2 is 1.88 bits per heavy atom. The van der Waals surface area contributed by atoms with Gasteiger partial charge in [-0.05, 0) is 49.4 Å². The maximum atomic E-state index is 13.5. The first-order valence-electron chi connectivity index (χ1n) is 9.43. The van der Waals surface area contributed by atoms with Gasteiger partial charge < -0.3 is 10.1 Å². The quantitative estimate of drug-likeness (QED) is 0.457. The Labute approximate surface area is 183 Å². The van der Waals surface area contributed by atoms with E-state index in [-0.39, 0.29) is 39.3 Å². The molecule has 0 saturated carbocycles. The molecule has 0 saturated heterocycles. The number of esters is 1. The average Bonchev–Trinajstić information content (AvgIpc) is 3.19. The lowest BCUT2D eigenvalue weighted by Crippen LogP contribution is -2.25. The second kappa shape index (κ2) is 8.67. The summed E-state index contributed by atoms with van der Waals surface area (Å²) in [6, 6.07) is 10.1. The highest BCUT2D eigenvalue weighted by Gasteiger charge is 2.23. The van der Waals surface area contributed by atoms with Gasteiger partial charge in [0.05, 0.1) is 17.7 Å². The zero-order valence-corrected chi connectivity index (χ0v) is 17.4. The number of anilines is 1. The van der Waals surface area contributed by atoms with Crippen LogP contribution in [-0.4, -0.2) is 28.3 Å². The molecule has 0 aliphatic rings. The number of benzene rings is 2. The number of thiophene rings is 1. The van der Waals surface area contributed by atoms with Crippen molar-refractivity contribution >= 4 is 39.0 Å². The van der Waals surface area contributed by atoms with Crippen LogP contribution in [0, 0.1) is 11.6 Å². The smallest absolute Gasteiger partial charge is 0.359 e. The lowest BCUT2D eigenvalue weighted by atomic mass is 10.2. The monoisotopic (exact) mass is 455 g/mol. The first kappa shape index (κ1) is 21.3. The minimum Gasteiger partial charge on any atom is -0.461 e. The fourth-order valence-electron chi connectivity index (χ4n) is 3.05. The summed E-state index contributed by atoms with van der Waals surface area (Å²) in [4.78, 5) is 38.4. The highest BCUT2D eigenvalue weighted by atomic mass is 32.1. The molecule has 10 heteroatoms. The average molecular weight is 455 g/mol. The summed E-state index contributed by atoms with van der Waals surface area (Å²) in [5.74, 6) is -2.47. The van der Waals surface area contributed by atoms with E-state index in [1.54, 1.807) is 6.92 Å². The van der Waals surface area contributed by atoms with Crippen molar-refractivity contribution in [2.24, 2.45) is 0 Å². The normalized spacial score (nSPS) is 10.8. The number of hydrogen-bond donors (Lipinski definition) is 1. The Hall–Kier alpha value is -3.92. The van der Waals surface area contributed by atoms with Gasteiger partial charge in [0.25, 0.3) is 11.5 Å². The summed E-state index contributed by atoms with van der Waals surface area (Å²) in [5.41, 5.74) is -0.480. The van der Waals surface area contributed by atoms with Crippen molar-refractivity contribution in [3.63, 3.8) is 0 Å². The van der Waals surface area contributed by atoms with Crippen LogP contribution < -0.4 is 10.9 Å². The zero-order chi connectivity index (χ0) is 22.8. The van der Waals surface area contributed by atoms with Gasteiger partial charge in [0.1, 0.15) is 16.6 Å². The van der Waals surface area contributed by atoms with Gasteiger partial charge in [-0.3, -0.25) is 9.59 Å². The molecule has 0 atom stereocenters. The molecule has 32 heavy (non-hydrogen) atoms. The highest BCUT2D eigenvalue weighted by Crippen LogP contribution is 2.31. The van der Waals surface area contributed by atoms with E-state index in [4.69, 9.17) is 4.74 Å². The predicted molar refractivity (Wildman–Crippen MR) is 115 cm³/mol. The Morgan fingerprint density at radius 1 is 1.12 bits per heavy atom. The largest absolute Gasteiger partial charge is 0.461 e. The van der Waals surface area contributed by atoms with E-state index in [9.17, 15) is 23.2 Å². The van der Waals surface area contributed by atoms with Gasteiger partial charge >= 0.3 is 5.97 Å². The number of aromatic nitrogens is 2. The SMILES string of the molecule is CCOC(=O)c1nn(-c2ccc(F)cc2)c(=O)c2c(NC(=O)c3cccc(F)c3)scc12. The van der Waals surface area contributed by atoms with Crippen LogP contribution in [0.5, 0.6) is 0 Å². The first-order valence-corrected chi connectivity index (χ1v) is 10.3. The second-order valence-electron chi connectivity index (χ2n) is 6.58. The minimum absolute atomic E-state index is 0.0298. The number of nitrogens with one attached hydrogen (secondary N) is 1. The second-order valence-corrected chi connectivity index (χ2v) is 7.46. The molecule has 1 amide bonds. The number of nitrogens with zero attached hydrogens (tertiary/aromatic N) is 2. The minimum atomic E-state index is -0.755. The summed E-state index contributed by atoms with van der Waals surface area (Å²) in [6.07, 6.45) is 0. The third-order valence-electron chi connectivity index (χ3n) is 4.51. The number of rotatable bonds is 5. The molecule has 0 aliphatic heterocycles. The molecule has 2 aromatic carbocycles. The van der Waals surface area contributed by atoms with Crippen LogP contribution in [-0.2, 0) is 4.74 Å². The number of carbonyl (C=O) groups is 2. The maximum absolute atomic E-state index is 13.5. The predicted octanol–water partition coefficient (Wildman–Crippen LogP) is 4.15. The standard InChI is InChI=1S/C22H15F2N3O4S/c1-2-31-22(30)18-16-11-32-20(25-19(28)12-4-3-5-14(24)10-12)17(16)21(29)27(26-18)15-8-6-13(23)7-9-15/h3-11H,2H2,1H3,(H,25,28). The van der Waals surface area contributed by atoms with Gasteiger partial charge in [-0.15, -0.1) is 11.3 Å². The Morgan fingerprint density at radius 3 is 2.56 bits per heavy atom. The first-order chi connectivity index (χ1) is 15.4. The fourth-order valence-corrected chi connectivity index (χ4v) is 3.99. The van der Waals surface area contributed by atoms with Crippen molar-refractivity contribution < 1.29 is 23.1 Å². The number of amides is 1. The van der Waals surface area contributed by atoms with Gasteiger partial charge in [0, 0.05) is 16.3 Å². The van der Waals surface area contributed by atoms with Crippen LogP contribution >= 0.6 is 11.3 Å². The van der Waals surface area contributed by atoms with Crippen LogP contribution in [0.15, 0.2) is 58.7 Å². The summed E-state index contributed by atoms with van der Waals surface area (Å²) in [5, 5.41) is 8.62. The van der Waals surface area contributed by atoms with Crippen LogP contribution in [0.4, 0.5) is 13.8 Å². The van der Waals surface area contributed by atoms with E-state index in [1.807, 2.05) is 0 Å². The van der Waals surface area contributed by atoms with Crippen LogP contribution in [0.25, 0.3) is 16.5 Å². The summed E-state index contributed by atoms with van der Waals surface area (Å²) in [7, 11) is 0. The van der Waals surface area contributed by atoms with Gasteiger partial charge in [0.2, 0.25) is 0 Å². The Kier molecular flexibility index (Phi) is 5.78. The third kappa shape index (κ3) is 4.00. The molecule has 0 aliphatic carbocycles. The zero-order valence-electron chi connectivity index (χ0n) is 16.6. The van der Waals surface area contributed by atoms with Gasteiger partial charge in [-0.2, -0.15) is 9.78 Å². The Balaban J connectivity index is 1.88. The van der Waals surface area contributed by atoms with E-state index < -0.39 is 29.1 Å². The van der Waals surface area contributed by atoms with E-state index in [2.05, 4.69) is 10.4 Å².